The highest BCUT2D eigenvalue weighted by molar-refractivity contribution is 5.05. The SMILES string of the molecule is C#CCC1(O)CC(C)(C)CC1C. The summed E-state index contributed by atoms with van der Waals surface area (Å²) >= 11 is 0. The molecule has 0 aromatic carbocycles. The molecule has 1 saturated carbocycles. The summed E-state index contributed by atoms with van der Waals surface area (Å²) in [5, 5.41) is 10.2. The van der Waals surface area contributed by atoms with E-state index in [0.717, 1.165) is 12.8 Å². The van der Waals surface area contributed by atoms with Gasteiger partial charge in [-0.3, -0.25) is 0 Å². The van der Waals surface area contributed by atoms with Crippen molar-refractivity contribution in [2.24, 2.45) is 11.3 Å². The predicted octanol–water partition coefficient (Wildman–Crippen LogP) is 2.20. The van der Waals surface area contributed by atoms with Crippen molar-refractivity contribution in [2.45, 2.75) is 45.6 Å². The first-order valence-electron chi connectivity index (χ1n) is 4.55. The summed E-state index contributed by atoms with van der Waals surface area (Å²) in [6, 6.07) is 0. The van der Waals surface area contributed by atoms with E-state index in [2.05, 4.69) is 26.7 Å². The Morgan fingerprint density at radius 2 is 2.17 bits per heavy atom. The largest absolute Gasteiger partial charge is 0.389 e. The fourth-order valence-electron chi connectivity index (χ4n) is 2.51. The summed E-state index contributed by atoms with van der Waals surface area (Å²) in [5.74, 6) is 2.90. The van der Waals surface area contributed by atoms with E-state index in [1.165, 1.54) is 0 Å². The van der Waals surface area contributed by atoms with Crippen molar-refractivity contribution in [1.29, 1.82) is 0 Å². The first kappa shape index (κ1) is 9.61. The van der Waals surface area contributed by atoms with Crippen LogP contribution in [0.4, 0.5) is 0 Å². The van der Waals surface area contributed by atoms with Gasteiger partial charge in [0.1, 0.15) is 0 Å². The molecule has 0 aromatic rings. The second-order valence-electron chi connectivity index (χ2n) is 4.93. The second-order valence-corrected chi connectivity index (χ2v) is 4.93. The molecule has 1 N–H and O–H groups in total. The first-order valence-corrected chi connectivity index (χ1v) is 4.55. The normalized spacial score (nSPS) is 39.4. The minimum absolute atomic E-state index is 0.255. The topological polar surface area (TPSA) is 20.2 Å². The molecule has 0 amide bonds. The lowest BCUT2D eigenvalue weighted by atomic mass is 9.87. The Kier molecular flexibility index (Phi) is 2.23. The summed E-state index contributed by atoms with van der Waals surface area (Å²) in [7, 11) is 0. The molecule has 1 heteroatoms. The molecule has 1 aliphatic carbocycles. The maximum absolute atomic E-state index is 10.2. The molecule has 0 spiro atoms. The van der Waals surface area contributed by atoms with Gasteiger partial charge in [-0.05, 0) is 24.2 Å². The number of rotatable bonds is 1. The van der Waals surface area contributed by atoms with Crippen LogP contribution in [0.1, 0.15) is 40.0 Å². The quantitative estimate of drug-likeness (QED) is 0.592. The fraction of sp³-hybridized carbons (Fsp3) is 0.818. The molecule has 2 unspecified atom stereocenters. The van der Waals surface area contributed by atoms with Gasteiger partial charge in [-0.2, -0.15) is 0 Å². The number of terminal acetylenes is 1. The Balaban J connectivity index is 2.76. The van der Waals surface area contributed by atoms with Crippen LogP contribution in [0.5, 0.6) is 0 Å². The van der Waals surface area contributed by atoms with Gasteiger partial charge in [0, 0.05) is 6.42 Å². The second kappa shape index (κ2) is 2.78. The third kappa shape index (κ3) is 1.64. The molecule has 0 aliphatic heterocycles. The highest BCUT2D eigenvalue weighted by Gasteiger charge is 2.46. The van der Waals surface area contributed by atoms with Crippen molar-refractivity contribution >= 4 is 0 Å². The summed E-state index contributed by atoms with van der Waals surface area (Å²) in [6.07, 6.45) is 7.65. The van der Waals surface area contributed by atoms with Crippen molar-refractivity contribution in [3.8, 4) is 12.3 Å². The average Bonchev–Trinajstić information content (AvgIpc) is 2.02. The Labute approximate surface area is 75.2 Å². The van der Waals surface area contributed by atoms with E-state index in [1.807, 2.05) is 0 Å². The van der Waals surface area contributed by atoms with Crippen molar-refractivity contribution in [3.05, 3.63) is 0 Å². The molecule has 0 heterocycles. The van der Waals surface area contributed by atoms with Gasteiger partial charge in [-0.25, -0.2) is 0 Å². The molecule has 0 saturated heterocycles. The lowest BCUT2D eigenvalue weighted by Crippen LogP contribution is -2.31. The first-order chi connectivity index (χ1) is 5.40. The summed E-state index contributed by atoms with van der Waals surface area (Å²) in [5.41, 5.74) is -0.344. The molecule has 1 rings (SSSR count). The van der Waals surface area contributed by atoms with Crippen LogP contribution in [0.2, 0.25) is 0 Å². The Morgan fingerprint density at radius 3 is 2.50 bits per heavy atom. The summed E-state index contributed by atoms with van der Waals surface area (Å²) in [4.78, 5) is 0. The van der Waals surface area contributed by atoms with Crippen molar-refractivity contribution in [1.82, 2.24) is 0 Å². The van der Waals surface area contributed by atoms with E-state index >= 15 is 0 Å². The molecule has 2 atom stereocenters. The fourth-order valence-corrected chi connectivity index (χ4v) is 2.51. The van der Waals surface area contributed by atoms with Crippen molar-refractivity contribution in [2.75, 3.05) is 0 Å². The molecule has 1 nitrogen and oxygen atoms in total. The lowest BCUT2D eigenvalue weighted by Gasteiger charge is -2.25. The molecule has 68 valence electrons. The molecule has 0 bridgehead atoms. The van der Waals surface area contributed by atoms with Crippen molar-refractivity contribution < 1.29 is 5.11 Å². The van der Waals surface area contributed by atoms with Crippen LogP contribution in [-0.2, 0) is 0 Å². The van der Waals surface area contributed by atoms with Gasteiger partial charge >= 0.3 is 0 Å². The minimum Gasteiger partial charge on any atom is -0.389 e. The van der Waals surface area contributed by atoms with Crippen LogP contribution in [0, 0.1) is 23.7 Å². The smallest absolute Gasteiger partial charge is 0.0787 e. The highest BCUT2D eigenvalue weighted by atomic mass is 16.3. The Hall–Kier alpha value is -0.480. The van der Waals surface area contributed by atoms with Gasteiger partial charge in [-0.1, -0.05) is 20.8 Å². The zero-order chi connectivity index (χ0) is 9.41. The Morgan fingerprint density at radius 1 is 1.58 bits per heavy atom. The van der Waals surface area contributed by atoms with Gasteiger partial charge < -0.3 is 5.11 Å². The molecule has 0 radical (unpaired) electrons. The standard InChI is InChI=1S/C11H18O/c1-5-6-11(12)8-10(3,4)7-9(11)2/h1,9,12H,6-8H2,2-4H3. The molecular weight excluding hydrogens is 148 g/mol. The average molecular weight is 166 g/mol. The summed E-state index contributed by atoms with van der Waals surface area (Å²) < 4.78 is 0. The van der Waals surface area contributed by atoms with Gasteiger partial charge in [0.05, 0.1) is 5.60 Å². The number of aliphatic hydroxyl groups is 1. The lowest BCUT2D eigenvalue weighted by molar-refractivity contribution is 0.00910. The maximum atomic E-state index is 10.2. The summed E-state index contributed by atoms with van der Waals surface area (Å²) in [6.45, 7) is 6.47. The monoisotopic (exact) mass is 166 g/mol. The molecule has 1 aliphatic rings. The van der Waals surface area contributed by atoms with Gasteiger partial charge in [0.15, 0.2) is 0 Å². The molecular formula is C11H18O. The van der Waals surface area contributed by atoms with E-state index < -0.39 is 5.60 Å². The van der Waals surface area contributed by atoms with E-state index in [1.54, 1.807) is 0 Å². The highest BCUT2D eigenvalue weighted by Crippen LogP contribution is 2.48. The van der Waals surface area contributed by atoms with E-state index in [-0.39, 0.29) is 5.41 Å². The van der Waals surface area contributed by atoms with Crippen molar-refractivity contribution in [3.63, 3.8) is 0 Å². The molecule has 0 aromatic heterocycles. The number of hydrogen-bond acceptors (Lipinski definition) is 1. The van der Waals surface area contributed by atoms with Gasteiger partial charge in [0.2, 0.25) is 0 Å². The third-order valence-corrected chi connectivity index (χ3v) is 2.97. The van der Waals surface area contributed by atoms with Gasteiger partial charge in [0.25, 0.3) is 0 Å². The van der Waals surface area contributed by atoms with E-state index in [9.17, 15) is 5.11 Å². The zero-order valence-electron chi connectivity index (χ0n) is 8.22. The van der Waals surface area contributed by atoms with Gasteiger partial charge in [-0.15, -0.1) is 12.3 Å². The molecule has 1 fully saturated rings. The zero-order valence-corrected chi connectivity index (χ0v) is 8.22. The van der Waals surface area contributed by atoms with Crippen LogP contribution in [0.15, 0.2) is 0 Å². The van der Waals surface area contributed by atoms with Crippen LogP contribution >= 0.6 is 0 Å². The predicted molar refractivity (Wildman–Crippen MR) is 50.6 cm³/mol. The third-order valence-electron chi connectivity index (χ3n) is 2.97. The van der Waals surface area contributed by atoms with Crippen LogP contribution in [-0.4, -0.2) is 10.7 Å². The van der Waals surface area contributed by atoms with E-state index in [4.69, 9.17) is 6.42 Å². The number of hydrogen-bond donors (Lipinski definition) is 1. The molecule has 12 heavy (non-hydrogen) atoms. The Bertz CT molecular complexity index is 212. The maximum Gasteiger partial charge on any atom is 0.0787 e. The van der Waals surface area contributed by atoms with Crippen LogP contribution in [0.3, 0.4) is 0 Å². The van der Waals surface area contributed by atoms with E-state index in [0.29, 0.717) is 12.3 Å². The van der Waals surface area contributed by atoms with Crippen LogP contribution < -0.4 is 0 Å². The minimum atomic E-state index is -0.599. The van der Waals surface area contributed by atoms with Crippen LogP contribution in [0.25, 0.3) is 0 Å².